The molecule has 2 atom stereocenters. The third kappa shape index (κ3) is 4.62. The average Bonchev–Trinajstić information content (AvgIpc) is 3.60. The number of amides is 1. The highest BCUT2D eigenvalue weighted by atomic mass is 16.5. The van der Waals surface area contributed by atoms with E-state index in [0.29, 0.717) is 11.7 Å². The van der Waals surface area contributed by atoms with Gasteiger partial charge in [-0.2, -0.15) is 0 Å². The van der Waals surface area contributed by atoms with Crippen molar-refractivity contribution in [2.24, 2.45) is 11.8 Å². The smallest absolute Gasteiger partial charge is 0.228 e. The van der Waals surface area contributed by atoms with Crippen molar-refractivity contribution in [1.29, 1.82) is 0 Å². The number of rotatable bonds is 4. The molecule has 1 aromatic carbocycles. The fourth-order valence-electron chi connectivity index (χ4n) is 4.13. The van der Waals surface area contributed by atoms with Crippen molar-refractivity contribution in [2.75, 3.05) is 48.9 Å². The number of nitrogens with one attached hydrogen (secondary N) is 2. The molecular formula is C26H27N5O2. The lowest BCUT2D eigenvalue weighted by atomic mass is 10.1. The van der Waals surface area contributed by atoms with Crippen molar-refractivity contribution < 1.29 is 9.53 Å². The minimum Gasteiger partial charge on any atom is -0.378 e. The van der Waals surface area contributed by atoms with Crippen LogP contribution in [0.2, 0.25) is 0 Å². The van der Waals surface area contributed by atoms with Gasteiger partial charge in [0.15, 0.2) is 0 Å². The molecule has 7 heteroatoms. The van der Waals surface area contributed by atoms with Crippen molar-refractivity contribution in [3.8, 4) is 11.8 Å². The second-order valence-electron chi connectivity index (χ2n) is 8.59. The number of aromatic nitrogens is 2. The Morgan fingerprint density at radius 2 is 1.85 bits per heavy atom. The molecule has 0 unspecified atom stereocenters. The van der Waals surface area contributed by atoms with Gasteiger partial charge < -0.3 is 20.3 Å². The van der Waals surface area contributed by atoms with Gasteiger partial charge in [-0.1, -0.05) is 18.8 Å². The molecule has 2 aromatic heterocycles. The van der Waals surface area contributed by atoms with Crippen LogP contribution in [-0.2, 0) is 9.53 Å². The van der Waals surface area contributed by atoms with Crippen molar-refractivity contribution in [2.45, 2.75) is 13.3 Å². The predicted octanol–water partition coefficient (Wildman–Crippen LogP) is 3.50. The molecule has 0 bridgehead atoms. The van der Waals surface area contributed by atoms with Crippen LogP contribution in [0.4, 0.5) is 17.3 Å². The van der Waals surface area contributed by atoms with E-state index < -0.39 is 0 Å². The number of fused-ring (bicyclic) bond motifs is 1. The number of carbonyl (C=O) groups excluding carboxylic acids is 1. The molecule has 2 N–H and O–H groups in total. The van der Waals surface area contributed by atoms with Crippen LogP contribution in [-0.4, -0.2) is 49.2 Å². The highest BCUT2D eigenvalue weighted by Crippen LogP contribution is 2.38. The quantitative estimate of drug-likeness (QED) is 0.604. The largest absolute Gasteiger partial charge is 0.378 e. The number of morpholine rings is 1. The number of hydrogen-bond acceptors (Lipinski definition) is 6. The molecule has 2 aliphatic rings. The fraction of sp³-hybridized carbons (Fsp3) is 0.346. The minimum absolute atomic E-state index is 0.0326. The molecule has 7 nitrogen and oxygen atoms in total. The summed E-state index contributed by atoms with van der Waals surface area (Å²) < 4.78 is 5.43. The summed E-state index contributed by atoms with van der Waals surface area (Å²) in [5.41, 5.74) is 2.91. The second kappa shape index (κ2) is 9.08. The Hall–Kier alpha value is -3.63. The Balaban J connectivity index is 1.42. The molecule has 1 aliphatic carbocycles. The molecule has 0 radical (unpaired) electrons. The van der Waals surface area contributed by atoms with Crippen LogP contribution in [0.5, 0.6) is 0 Å². The Kier molecular flexibility index (Phi) is 5.84. The summed E-state index contributed by atoms with van der Waals surface area (Å²) in [5, 5.41) is 7.82. The number of ether oxygens (including phenoxy) is 1. The summed E-state index contributed by atoms with van der Waals surface area (Å²) in [6.07, 6.45) is 4.44. The molecule has 2 fully saturated rings. The molecule has 3 aromatic rings. The van der Waals surface area contributed by atoms with Gasteiger partial charge in [0.2, 0.25) is 5.91 Å². The highest BCUT2D eigenvalue weighted by Gasteiger charge is 2.39. The van der Waals surface area contributed by atoms with Crippen molar-refractivity contribution >= 4 is 34.0 Å². The predicted molar refractivity (Wildman–Crippen MR) is 130 cm³/mol. The van der Waals surface area contributed by atoms with Gasteiger partial charge in [-0.25, -0.2) is 9.97 Å². The zero-order valence-corrected chi connectivity index (χ0v) is 18.9. The third-order valence-corrected chi connectivity index (χ3v) is 6.29. The van der Waals surface area contributed by atoms with Gasteiger partial charge in [0.1, 0.15) is 11.6 Å². The summed E-state index contributed by atoms with van der Waals surface area (Å²) in [4.78, 5) is 23.6. The summed E-state index contributed by atoms with van der Waals surface area (Å²) in [6, 6.07) is 10.2. The van der Waals surface area contributed by atoms with Crippen LogP contribution in [0, 0.1) is 23.7 Å². The first-order valence-corrected chi connectivity index (χ1v) is 11.3. The van der Waals surface area contributed by atoms with E-state index in [1.54, 1.807) is 12.4 Å². The molecule has 1 saturated carbocycles. The van der Waals surface area contributed by atoms with E-state index in [1.807, 2.05) is 25.2 Å². The maximum atomic E-state index is 12.4. The molecule has 33 heavy (non-hydrogen) atoms. The molecule has 1 saturated heterocycles. The SMILES string of the molecule is CNc1ncc(C#Cc2ccc(N3CCOCC3)cc2)c2cc(NC(=O)[C@H]3C[C@H]3C)ncc12. The normalized spacial score (nSPS) is 19.5. The van der Waals surface area contributed by atoms with Gasteiger partial charge in [0.25, 0.3) is 0 Å². The molecule has 0 spiro atoms. The Labute approximate surface area is 193 Å². The monoisotopic (exact) mass is 441 g/mol. The molecule has 168 valence electrons. The maximum Gasteiger partial charge on any atom is 0.228 e. The standard InChI is InChI=1S/C26H27N5O2/c1-17-13-21(17)26(32)30-24-14-22-19(15-29-25(27-2)23(22)16-28-24)6-3-18-4-7-20(8-5-18)31-9-11-33-12-10-31/h4-5,7-8,14-17,21H,9-13H2,1-2H3,(H,27,29)(H,28,30,32)/t17-,21+/m1/s1. The van der Waals surface area contributed by atoms with Crippen LogP contribution in [0.15, 0.2) is 42.7 Å². The summed E-state index contributed by atoms with van der Waals surface area (Å²) >= 11 is 0. The second-order valence-corrected chi connectivity index (χ2v) is 8.59. The summed E-state index contributed by atoms with van der Waals surface area (Å²) in [5.74, 6) is 8.35. The first-order chi connectivity index (χ1) is 16.1. The molecule has 1 amide bonds. The van der Waals surface area contributed by atoms with Crippen molar-refractivity contribution in [3.63, 3.8) is 0 Å². The Morgan fingerprint density at radius 3 is 2.55 bits per heavy atom. The molecule has 3 heterocycles. The lowest BCUT2D eigenvalue weighted by Gasteiger charge is -2.28. The van der Waals surface area contributed by atoms with Crippen LogP contribution < -0.4 is 15.5 Å². The van der Waals surface area contributed by atoms with Gasteiger partial charge in [-0.15, -0.1) is 0 Å². The number of benzene rings is 1. The zero-order valence-electron chi connectivity index (χ0n) is 18.9. The van der Waals surface area contributed by atoms with E-state index in [1.165, 1.54) is 5.69 Å². The highest BCUT2D eigenvalue weighted by molar-refractivity contribution is 5.99. The minimum atomic E-state index is 0.0326. The number of carbonyl (C=O) groups is 1. The van der Waals surface area contributed by atoms with Crippen LogP contribution in [0.1, 0.15) is 24.5 Å². The Morgan fingerprint density at radius 1 is 1.09 bits per heavy atom. The number of anilines is 3. The lowest BCUT2D eigenvalue weighted by Crippen LogP contribution is -2.36. The molecular weight excluding hydrogens is 414 g/mol. The first kappa shape index (κ1) is 21.2. The van der Waals surface area contributed by atoms with Gasteiger partial charge >= 0.3 is 0 Å². The lowest BCUT2D eigenvalue weighted by molar-refractivity contribution is -0.117. The molecule has 1 aliphatic heterocycles. The van der Waals surface area contributed by atoms with Gasteiger partial charge in [0.05, 0.1) is 18.8 Å². The van der Waals surface area contributed by atoms with Crippen LogP contribution >= 0.6 is 0 Å². The fourth-order valence-corrected chi connectivity index (χ4v) is 4.13. The molecule has 5 rings (SSSR count). The number of pyridine rings is 2. The maximum absolute atomic E-state index is 12.4. The number of nitrogens with zero attached hydrogens (tertiary/aromatic N) is 3. The van der Waals surface area contributed by atoms with Crippen molar-refractivity contribution in [1.82, 2.24) is 9.97 Å². The summed E-state index contributed by atoms with van der Waals surface area (Å²) in [7, 11) is 1.83. The van der Waals surface area contributed by atoms with Crippen LogP contribution in [0.25, 0.3) is 10.8 Å². The Bertz CT molecular complexity index is 1240. The van der Waals surface area contributed by atoms with Gasteiger partial charge in [0, 0.05) is 60.5 Å². The third-order valence-electron chi connectivity index (χ3n) is 6.29. The van der Waals surface area contributed by atoms with Gasteiger partial charge in [-0.05, 0) is 42.7 Å². The van der Waals surface area contributed by atoms with Crippen molar-refractivity contribution in [3.05, 3.63) is 53.9 Å². The first-order valence-electron chi connectivity index (χ1n) is 11.3. The van der Waals surface area contributed by atoms with Crippen LogP contribution in [0.3, 0.4) is 0 Å². The van der Waals surface area contributed by atoms with E-state index in [-0.39, 0.29) is 11.8 Å². The average molecular weight is 442 g/mol. The summed E-state index contributed by atoms with van der Waals surface area (Å²) in [6.45, 7) is 5.44. The number of hydrogen-bond donors (Lipinski definition) is 2. The van der Waals surface area contributed by atoms with E-state index in [4.69, 9.17) is 4.74 Å². The van der Waals surface area contributed by atoms with E-state index in [2.05, 4.69) is 56.4 Å². The van der Waals surface area contributed by atoms with E-state index in [0.717, 1.165) is 60.4 Å². The van der Waals surface area contributed by atoms with Gasteiger partial charge in [-0.3, -0.25) is 4.79 Å². The zero-order chi connectivity index (χ0) is 22.8. The van der Waals surface area contributed by atoms with E-state index in [9.17, 15) is 4.79 Å². The topological polar surface area (TPSA) is 79.4 Å². The van der Waals surface area contributed by atoms with E-state index >= 15 is 0 Å².